The Labute approximate surface area is 181 Å². The fourth-order valence-electron chi connectivity index (χ4n) is 4.04. The number of imidazole rings is 1. The smallest absolute Gasteiger partial charge is 0.332 e. The number of aromatic nitrogens is 4. The first-order chi connectivity index (χ1) is 15.1. The molecule has 0 radical (unpaired) electrons. The lowest BCUT2D eigenvalue weighted by Gasteiger charge is -2.22. The Morgan fingerprint density at radius 3 is 2.71 bits per heavy atom. The van der Waals surface area contributed by atoms with Crippen molar-refractivity contribution in [1.82, 2.24) is 18.7 Å². The first-order valence-electron chi connectivity index (χ1n) is 11.0. The van der Waals surface area contributed by atoms with Crippen LogP contribution < -0.4 is 11.2 Å². The average molecular weight is 427 g/mol. The first kappa shape index (κ1) is 21.5. The summed E-state index contributed by atoms with van der Waals surface area (Å²) in [6.07, 6.45) is 5.10. The molecule has 2 aromatic heterocycles. The van der Waals surface area contributed by atoms with E-state index in [0.717, 1.165) is 31.4 Å². The zero-order valence-electron chi connectivity index (χ0n) is 18.2. The van der Waals surface area contributed by atoms with Gasteiger partial charge in [-0.3, -0.25) is 13.9 Å². The summed E-state index contributed by atoms with van der Waals surface area (Å²) in [5.41, 5.74) is 1.32. The third-order valence-electron chi connectivity index (χ3n) is 5.61. The van der Waals surface area contributed by atoms with Crippen molar-refractivity contribution in [3.8, 4) is 0 Å². The number of hydrogen-bond acceptors (Lipinski definition) is 5. The second kappa shape index (κ2) is 9.62. The zero-order valence-corrected chi connectivity index (χ0v) is 18.2. The lowest BCUT2D eigenvalue weighted by molar-refractivity contribution is -0.163. The predicted octanol–water partition coefficient (Wildman–Crippen LogP) is 2.92. The molecule has 4 rings (SSSR count). The number of rotatable bonds is 8. The molecule has 8 nitrogen and oxygen atoms in total. The fourth-order valence-corrected chi connectivity index (χ4v) is 4.04. The maximum atomic E-state index is 13.3. The standard InChI is InChI=1S/C23H30N4O4/c1-17(2)27-21-20(25(16-24-21)15-18-9-4-3-5-10-18)22(28)26(23(27)29)12-8-14-31-19-11-6-7-13-30-19/h3-5,9-10,16-17,19H,6-8,11-15H2,1-2H3. The van der Waals surface area contributed by atoms with Gasteiger partial charge in [-0.05, 0) is 45.1 Å². The summed E-state index contributed by atoms with van der Waals surface area (Å²) < 4.78 is 16.1. The molecule has 0 bridgehead atoms. The van der Waals surface area contributed by atoms with Crippen molar-refractivity contribution >= 4 is 11.2 Å². The lowest BCUT2D eigenvalue weighted by Crippen LogP contribution is -2.41. The van der Waals surface area contributed by atoms with Crippen molar-refractivity contribution in [2.24, 2.45) is 0 Å². The molecule has 1 aromatic carbocycles. The molecule has 1 saturated heterocycles. The van der Waals surface area contributed by atoms with Crippen LogP contribution in [0.25, 0.3) is 11.2 Å². The van der Waals surface area contributed by atoms with Crippen molar-refractivity contribution < 1.29 is 9.47 Å². The summed E-state index contributed by atoms with van der Waals surface area (Å²) >= 11 is 0. The average Bonchev–Trinajstić information content (AvgIpc) is 3.17. The van der Waals surface area contributed by atoms with E-state index in [1.807, 2.05) is 48.7 Å². The number of hydrogen-bond donors (Lipinski definition) is 0. The van der Waals surface area contributed by atoms with Gasteiger partial charge in [0.1, 0.15) is 0 Å². The van der Waals surface area contributed by atoms with Gasteiger partial charge in [0.05, 0.1) is 12.9 Å². The van der Waals surface area contributed by atoms with Crippen molar-refractivity contribution in [3.63, 3.8) is 0 Å². The molecule has 3 heterocycles. The topological polar surface area (TPSA) is 80.3 Å². The zero-order chi connectivity index (χ0) is 21.8. The molecule has 0 N–H and O–H groups in total. The van der Waals surface area contributed by atoms with Crippen molar-refractivity contribution in [3.05, 3.63) is 63.1 Å². The normalized spacial score (nSPS) is 16.9. The van der Waals surface area contributed by atoms with Gasteiger partial charge in [-0.15, -0.1) is 0 Å². The minimum atomic E-state index is -0.327. The summed E-state index contributed by atoms with van der Waals surface area (Å²) in [5, 5.41) is 0. The molecule has 1 atom stereocenters. The van der Waals surface area contributed by atoms with Crippen LogP contribution in [0.3, 0.4) is 0 Å². The Balaban J connectivity index is 1.62. The molecular weight excluding hydrogens is 396 g/mol. The number of fused-ring (bicyclic) bond motifs is 1. The lowest BCUT2D eigenvalue weighted by atomic mass is 10.2. The largest absolute Gasteiger partial charge is 0.353 e. The maximum Gasteiger partial charge on any atom is 0.332 e. The van der Waals surface area contributed by atoms with Crippen LogP contribution in [-0.2, 0) is 22.6 Å². The Kier molecular flexibility index (Phi) is 6.67. The van der Waals surface area contributed by atoms with Gasteiger partial charge in [-0.25, -0.2) is 9.78 Å². The van der Waals surface area contributed by atoms with Crippen LogP contribution in [0.5, 0.6) is 0 Å². The molecule has 0 amide bonds. The fraction of sp³-hybridized carbons (Fsp3) is 0.522. The van der Waals surface area contributed by atoms with Gasteiger partial charge in [-0.2, -0.15) is 0 Å². The summed E-state index contributed by atoms with van der Waals surface area (Å²) in [4.78, 5) is 30.9. The Hall–Kier alpha value is -2.71. The van der Waals surface area contributed by atoms with E-state index >= 15 is 0 Å². The van der Waals surface area contributed by atoms with E-state index in [4.69, 9.17) is 9.47 Å². The van der Waals surface area contributed by atoms with Gasteiger partial charge in [0.15, 0.2) is 17.5 Å². The number of ether oxygens (including phenoxy) is 2. The van der Waals surface area contributed by atoms with Gasteiger partial charge in [-0.1, -0.05) is 30.3 Å². The molecule has 1 aliphatic rings. The van der Waals surface area contributed by atoms with E-state index in [-0.39, 0.29) is 23.6 Å². The quantitative estimate of drug-likeness (QED) is 0.518. The summed E-state index contributed by atoms with van der Waals surface area (Å²) in [6.45, 7) is 5.84. The highest BCUT2D eigenvalue weighted by atomic mass is 16.7. The monoisotopic (exact) mass is 426 g/mol. The van der Waals surface area contributed by atoms with Crippen LogP contribution in [0.4, 0.5) is 0 Å². The molecule has 8 heteroatoms. The molecular formula is C23H30N4O4. The molecule has 31 heavy (non-hydrogen) atoms. The van der Waals surface area contributed by atoms with Crippen LogP contribution in [0.1, 0.15) is 51.1 Å². The third kappa shape index (κ3) is 4.65. The van der Waals surface area contributed by atoms with Gasteiger partial charge >= 0.3 is 5.69 Å². The van der Waals surface area contributed by atoms with Gasteiger partial charge < -0.3 is 14.0 Å². The Morgan fingerprint density at radius 2 is 2.00 bits per heavy atom. The number of benzene rings is 1. The van der Waals surface area contributed by atoms with Crippen LogP contribution in [0.15, 0.2) is 46.2 Å². The van der Waals surface area contributed by atoms with Crippen LogP contribution in [0.2, 0.25) is 0 Å². The van der Waals surface area contributed by atoms with Gasteiger partial charge in [0.25, 0.3) is 5.56 Å². The van der Waals surface area contributed by atoms with Crippen LogP contribution >= 0.6 is 0 Å². The van der Waals surface area contributed by atoms with Crippen LogP contribution in [0, 0.1) is 0 Å². The summed E-state index contributed by atoms with van der Waals surface area (Å²) in [7, 11) is 0. The molecule has 1 aliphatic heterocycles. The molecule has 0 spiro atoms. The van der Waals surface area contributed by atoms with Gasteiger partial charge in [0, 0.05) is 25.7 Å². The highest BCUT2D eigenvalue weighted by Gasteiger charge is 2.20. The maximum absolute atomic E-state index is 13.3. The first-order valence-corrected chi connectivity index (χ1v) is 11.0. The summed E-state index contributed by atoms with van der Waals surface area (Å²) in [5.74, 6) is 0. The van der Waals surface area contributed by atoms with Gasteiger partial charge in [0.2, 0.25) is 0 Å². The SMILES string of the molecule is CC(C)n1c(=O)n(CCCOC2CCCCO2)c(=O)c2c1ncn2Cc1ccccc1. The van der Waals surface area contributed by atoms with Crippen molar-refractivity contribution in [2.75, 3.05) is 13.2 Å². The van der Waals surface area contributed by atoms with Crippen LogP contribution in [-0.4, -0.2) is 38.2 Å². The molecule has 166 valence electrons. The van der Waals surface area contributed by atoms with Crippen molar-refractivity contribution in [1.29, 1.82) is 0 Å². The number of nitrogens with zero attached hydrogens (tertiary/aromatic N) is 4. The molecule has 1 unspecified atom stereocenters. The minimum absolute atomic E-state index is 0.117. The highest BCUT2D eigenvalue weighted by Crippen LogP contribution is 2.15. The Morgan fingerprint density at radius 1 is 1.19 bits per heavy atom. The van der Waals surface area contributed by atoms with E-state index in [1.54, 1.807) is 10.9 Å². The third-order valence-corrected chi connectivity index (χ3v) is 5.61. The minimum Gasteiger partial charge on any atom is -0.353 e. The van der Waals surface area contributed by atoms with E-state index in [9.17, 15) is 9.59 Å². The molecule has 0 aliphatic carbocycles. The molecule has 0 saturated carbocycles. The second-order valence-electron chi connectivity index (χ2n) is 8.25. The van der Waals surface area contributed by atoms with E-state index < -0.39 is 0 Å². The van der Waals surface area contributed by atoms with Crippen molar-refractivity contribution in [2.45, 2.75) is 65.0 Å². The van der Waals surface area contributed by atoms with E-state index in [0.29, 0.717) is 37.3 Å². The highest BCUT2D eigenvalue weighted by molar-refractivity contribution is 5.70. The van der Waals surface area contributed by atoms with E-state index in [1.165, 1.54) is 4.57 Å². The molecule has 3 aromatic rings. The molecule has 1 fully saturated rings. The summed E-state index contributed by atoms with van der Waals surface area (Å²) in [6, 6.07) is 9.79. The second-order valence-corrected chi connectivity index (χ2v) is 8.25. The Bertz CT molecular complexity index is 1120. The van der Waals surface area contributed by atoms with E-state index in [2.05, 4.69) is 4.98 Å². The predicted molar refractivity (Wildman–Crippen MR) is 118 cm³/mol.